The molecule has 1 fully saturated rings. The second-order valence-electron chi connectivity index (χ2n) is 4.53. The monoisotopic (exact) mass is 286 g/mol. The second-order valence-corrected chi connectivity index (χ2v) is 6.88. The Kier molecular flexibility index (Phi) is 4.25. The van der Waals surface area contributed by atoms with Crippen LogP contribution in [0.5, 0.6) is 0 Å². The number of hydrogen-bond acceptors (Lipinski definition) is 5. The summed E-state index contributed by atoms with van der Waals surface area (Å²) in [6, 6.07) is 8.98. The molecule has 0 aromatic heterocycles. The molecule has 19 heavy (non-hydrogen) atoms. The van der Waals surface area contributed by atoms with Gasteiger partial charge < -0.3 is 14.6 Å². The lowest BCUT2D eigenvalue weighted by atomic mass is 10.1. The minimum atomic E-state index is -3.27. The maximum Gasteiger partial charge on any atom is 0.209 e. The third kappa shape index (κ3) is 3.14. The molecule has 1 saturated heterocycles. The van der Waals surface area contributed by atoms with E-state index in [1.54, 1.807) is 31.2 Å². The van der Waals surface area contributed by atoms with E-state index < -0.39 is 21.7 Å². The largest absolute Gasteiger partial charge is 0.394 e. The number of benzene rings is 1. The van der Waals surface area contributed by atoms with Gasteiger partial charge in [0, 0.05) is 11.3 Å². The van der Waals surface area contributed by atoms with Gasteiger partial charge in [0.15, 0.2) is 9.84 Å². The summed E-state index contributed by atoms with van der Waals surface area (Å²) in [5, 5.41) is 9.15. The summed E-state index contributed by atoms with van der Waals surface area (Å²) in [6.45, 7) is 1.58. The van der Waals surface area contributed by atoms with Crippen LogP contribution >= 0.6 is 0 Å². The lowest BCUT2D eigenvalue weighted by Gasteiger charge is -2.28. The highest BCUT2D eigenvalue weighted by atomic mass is 32.2. The quantitative estimate of drug-likeness (QED) is 0.862. The Hall–Kier alpha value is -0.950. The summed E-state index contributed by atoms with van der Waals surface area (Å²) in [7, 11) is -3.27. The number of aliphatic hydroxyl groups is 1. The number of rotatable bonds is 5. The lowest BCUT2D eigenvalue weighted by Crippen LogP contribution is -2.37. The molecule has 1 aromatic rings. The minimum absolute atomic E-state index is 0.0259. The van der Waals surface area contributed by atoms with Crippen LogP contribution in [0.15, 0.2) is 30.3 Å². The molecule has 0 radical (unpaired) electrons. The van der Waals surface area contributed by atoms with Crippen LogP contribution in [0.2, 0.25) is 0 Å². The van der Waals surface area contributed by atoms with Crippen LogP contribution in [-0.2, 0) is 25.1 Å². The molecule has 1 aromatic carbocycles. The normalized spacial score (nSPS) is 27.6. The summed E-state index contributed by atoms with van der Waals surface area (Å²) < 4.78 is 35.1. The van der Waals surface area contributed by atoms with Crippen molar-refractivity contribution in [3.8, 4) is 0 Å². The summed E-state index contributed by atoms with van der Waals surface area (Å²) in [6.07, 6.45) is -0.493. The highest BCUT2D eigenvalue weighted by molar-refractivity contribution is 7.91. The van der Waals surface area contributed by atoms with Crippen molar-refractivity contribution in [2.75, 3.05) is 24.7 Å². The molecule has 0 bridgehead atoms. The van der Waals surface area contributed by atoms with Crippen molar-refractivity contribution in [2.24, 2.45) is 0 Å². The zero-order valence-electron chi connectivity index (χ0n) is 10.8. The molecule has 1 aliphatic heterocycles. The molecule has 2 rings (SSSR count). The van der Waals surface area contributed by atoms with Gasteiger partial charge in [-0.3, -0.25) is 0 Å². The first-order chi connectivity index (χ1) is 9.01. The molecule has 1 N–H and O–H groups in total. The van der Waals surface area contributed by atoms with Gasteiger partial charge in [-0.1, -0.05) is 37.3 Å². The number of ether oxygens (including phenoxy) is 2. The molecule has 0 unspecified atom stereocenters. The predicted octanol–water partition coefficient (Wildman–Crippen LogP) is 0.682. The Morgan fingerprint density at radius 1 is 1.37 bits per heavy atom. The van der Waals surface area contributed by atoms with Crippen molar-refractivity contribution in [1.29, 1.82) is 0 Å². The molecule has 0 amide bonds. The van der Waals surface area contributed by atoms with E-state index in [2.05, 4.69) is 0 Å². The fraction of sp³-hybridized carbons (Fsp3) is 0.538. The van der Waals surface area contributed by atoms with E-state index in [1.807, 2.05) is 6.07 Å². The fourth-order valence-corrected chi connectivity index (χ4v) is 3.15. The van der Waals surface area contributed by atoms with Crippen LogP contribution in [0.1, 0.15) is 12.5 Å². The number of aliphatic hydroxyl groups excluding tert-OH is 1. The van der Waals surface area contributed by atoms with Gasteiger partial charge in [0.25, 0.3) is 0 Å². The fourth-order valence-electron chi connectivity index (χ4n) is 2.05. The van der Waals surface area contributed by atoms with Crippen molar-refractivity contribution >= 4 is 9.84 Å². The summed E-state index contributed by atoms with van der Waals surface area (Å²) in [4.78, 5) is 0. The van der Waals surface area contributed by atoms with E-state index in [1.165, 1.54) is 0 Å². The van der Waals surface area contributed by atoms with Crippen LogP contribution in [0.4, 0.5) is 0 Å². The maximum atomic E-state index is 11.9. The van der Waals surface area contributed by atoms with E-state index in [4.69, 9.17) is 14.6 Å². The summed E-state index contributed by atoms with van der Waals surface area (Å²) in [5.74, 6) is -1.52. The Bertz CT molecular complexity index is 513. The molecule has 5 nitrogen and oxygen atoms in total. The van der Waals surface area contributed by atoms with Crippen molar-refractivity contribution < 1.29 is 23.0 Å². The number of sulfone groups is 1. The third-order valence-electron chi connectivity index (χ3n) is 3.13. The van der Waals surface area contributed by atoms with Gasteiger partial charge in [-0.15, -0.1) is 0 Å². The van der Waals surface area contributed by atoms with Crippen molar-refractivity contribution in [1.82, 2.24) is 0 Å². The van der Waals surface area contributed by atoms with E-state index in [0.29, 0.717) is 5.56 Å². The first kappa shape index (κ1) is 14.5. The molecular formula is C13H18O5S. The standard InChI is InChI=1S/C13H18O5S/c1-2-19(15,16)10-13(11-6-4-3-5-7-11)17-9-12(8-14)18-13/h3-7,12,14H,2,8-10H2,1H3/t12-,13+/m1/s1. The van der Waals surface area contributed by atoms with Gasteiger partial charge in [0.2, 0.25) is 5.79 Å². The van der Waals surface area contributed by atoms with Crippen LogP contribution in [0.3, 0.4) is 0 Å². The average Bonchev–Trinajstić information content (AvgIpc) is 2.84. The van der Waals surface area contributed by atoms with Crippen LogP contribution in [0.25, 0.3) is 0 Å². The molecule has 0 aliphatic carbocycles. The van der Waals surface area contributed by atoms with Crippen LogP contribution in [-0.4, -0.2) is 44.3 Å². The highest BCUT2D eigenvalue weighted by Crippen LogP contribution is 2.35. The van der Waals surface area contributed by atoms with E-state index in [0.717, 1.165) is 0 Å². The molecule has 2 atom stereocenters. The zero-order chi connectivity index (χ0) is 13.9. The Morgan fingerprint density at radius 3 is 2.58 bits per heavy atom. The smallest absolute Gasteiger partial charge is 0.209 e. The SMILES string of the molecule is CCS(=O)(=O)C[C@]1(c2ccccc2)OC[C@@H](CO)O1. The first-order valence-electron chi connectivity index (χ1n) is 6.20. The summed E-state index contributed by atoms with van der Waals surface area (Å²) >= 11 is 0. The predicted molar refractivity (Wildman–Crippen MR) is 70.4 cm³/mol. The van der Waals surface area contributed by atoms with Crippen molar-refractivity contribution in [3.63, 3.8) is 0 Å². The van der Waals surface area contributed by atoms with Gasteiger partial charge >= 0.3 is 0 Å². The molecule has 1 aliphatic rings. The number of hydrogen-bond donors (Lipinski definition) is 1. The molecular weight excluding hydrogens is 268 g/mol. The third-order valence-corrected chi connectivity index (χ3v) is 4.83. The first-order valence-corrected chi connectivity index (χ1v) is 8.02. The Balaban J connectivity index is 2.35. The van der Waals surface area contributed by atoms with Crippen LogP contribution in [0, 0.1) is 0 Å². The molecule has 106 valence electrons. The van der Waals surface area contributed by atoms with Crippen LogP contribution < -0.4 is 0 Å². The zero-order valence-corrected chi connectivity index (χ0v) is 11.6. The molecule has 6 heteroatoms. The minimum Gasteiger partial charge on any atom is -0.394 e. The lowest BCUT2D eigenvalue weighted by molar-refractivity contribution is -0.162. The van der Waals surface area contributed by atoms with E-state index in [9.17, 15) is 8.42 Å². The van der Waals surface area contributed by atoms with Gasteiger partial charge in [-0.05, 0) is 0 Å². The molecule has 1 heterocycles. The Labute approximate surface area is 113 Å². The van der Waals surface area contributed by atoms with E-state index in [-0.39, 0.29) is 24.7 Å². The van der Waals surface area contributed by atoms with E-state index >= 15 is 0 Å². The van der Waals surface area contributed by atoms with Gasteiger partial charge in [0.05, 0.1) is 13.2 Å². The van der Waals surface area contributed by atoms with Crippen molar-refractivity contribution in [3.05, 3.63) is 35.9 Å². The highest BCUT2D eigenvalue weighted by Gasteiger charge is 2.46. The van der Waals surface area contributed by atoms with Gasteiger partial charge in [-0.25, -0.2) is 8.42 Å². The Morgan fingerprint density at radius 2 is 2.05 bits per heavy atom. The van der Waals surface area contributed by atoms with Gasteiger partial charge in [-0.2, -0.15) is 0 Å². The topological polar surface area (TPSA) is 72.8 Å². The molecule has 0 saturated carbocycles. The van der Waals surface area contributed by atoms with Gasteiger partial charge in [0.1, 0.15) is 11.9 Å². The summed E-state index contributed by atoms with van der Waals surface area (Å²) in [5.41, 5.74) is 0.656. The van der Waals surface area contributed by atoms with Crippen molar-refractivity contribution in [2.45, 2.75) is 18.8 Å². The maximum absolute atomic E-state index is 11.9. The second kappa shape index (κ2) is 5.58. The average molecular weight is 286 g/mol. The molecule has 0 spiro atoms.